The molecule has 0 saturated carbocycles. The van der Waals surface area contributed by atoms with Crippen LogP contribution >= 0.6 is 0 Å². The molecule has 2 heterocycles. The van der Waals surface area contributed by atoms with E-state index in [-0.39, 0.29) is 19.8 Å². The van der Waals surface area contributed by atoms with E-state index in [0.717, 1.165) is 0 Å². The van der Waals surface area contributed by atoms with Crippen molar-refractivity contribution in [3.05, 3.63) is 10.1 Å². The monoisotopic (exact) mass is 291 g/mol. The molecule has 0 unspecified atom stereocenters. The Labute approximate surface area is 112 Å². The van der Waals surface area contributed by atoms with Gasteiger partial charge in [0.15, 0.2) is 12.2 Å². The van der Waals surface area contributed by atoms with Crippen molar-refractivity contribution in [2.45, 2.75) is 24.4 Å². The number of esters is 1. The highest BCUT2D eigenvalue weighted by molar-refractivity contribution is 5.79. The van der Waals surface area contributed by atoms with Gasteiger partial charge in [-0.1, -0.05) is 0 Å². The summed E-state index contributed by atoms with van der Waals surface area (Å²) in [7, 11) is 0. The molecule has 2 rings (SSSR count). The lowest BCUT2D eigenvalue weighted by atomic mass is 10.1. The van der Waals surface area contributed by atoms with Gasteiger partial charge in [-0.15, -0.1) is 10.1 Å². The predicted molar refractivity (Wildman–Crippen MR) is 58.8 cm³/mol. The van der Waals surface area contributed by atoms with Gasteiger partial charge < -0.3 is 30.1 Å². The molecule has 11 heteroatoms. The number of fused-ring (bicyclic) bond motifs is 1. The summed E-state index contributed by atoms with van der Waals surface area (Å²) in [5, 5.41) is 11.4. The SMILES string of the molecule is NC(=O)NCC(=O)O[C@H]1CO[C@H]2[C@@H]1OC[C@H]2O[N+](=O)[O-]. The number of hydrogen-bond acceptors (Lipinski definition) is 8. The summed E-state index contributed by atoms with van der Waals surface area (Å²) in [5.41, 5.74) is 4.81. The Hall–Kier alpha value is -2.14. The Kier molecular flexibility index (Phi) is 4.20. The van der Waals surface area contributed by atoms with E-state index >= 15 is 0 Å². The molecule has 2 fully saturated rings. The lowest BCUT2D eigenvalue weighted by molar-refractivity contribution is -0.769. The highest BCUT2D eigenvalue weighted by atomic mass is 17.0. The van der Waals surface area contributed by atoms with Crippen LogP contribution in [0.25, 0.3) is 0 Å². The minimum absolute atomic E-state index is 0.0239. The van der Waals surface area contributed by atoms with Crippen molar-refractivity contribution in [1.82, 2.24) is 5.32 Å². The van der Waals surface area contributed by atoms with Crippen LogP contribution in [0.5, 0.6) is 0 Å². The number of primary amides is 1. The molecule has 0 radical (unpaired) electrons. The highest BCUT2D eigenvalue weighted by Crippen LogP contribution is 2.30. The van der Waals surface area contributed by atoms with Gasteiger partial charge in [-0.2, -0.15) is 0 Å². The summed E-state index contributed by atoms with van der Waals surface area (Å²) in [5.74, 6) is -0.708. The second-order valence-corrected chi connectivity index (χ2v) is 4.21. The van der Waals surface area contributed by atoms with Gasteiger partial charge in [0.25, 0.3) is 5.09 Å². The Morgan fingerprint density at radius 2 is 1.90 bits per heavy atom. The normalized spacial score (nSPS) is 31.4. The molecule has 3 N–H and O–H groups in total. The van der Waals surface area contributed by atoms with E-state index in [0.29, 0.717) is 0 Å². The molecule has 2 aliphatic rings. The predicted octanol–water partition coefficient (Wildman–Crippen LogP) is -2.06. The number of nitrogens with one attached hydrogen (secondary N) is 1. The van der Waals surface area contributed by atoms with E-state index < -0.39 is 41.5 Å². The van der Waals surface area contributed by atoms with Gasteiger partial charge in [0.2, 0.25) is 0 Å². The van der Waals surface area contributed by atoms with E-state index in [2.05, 4.69) is 10.2 Å². The fourth-order valence-corrected chi connectivity index (χ4v) is 2.10. The zero-order valence-electron chi connectivity index (χ0n) is 10.2. The number of urea groups is 1. The first-order chi connectivity index (χ1) is 9.47. The van der Waals surface area contributed by atoms with E-state index in [1.165, 1.54) is 0 Å². The molecule has 112 valence electrons. The summed E-state index contributed by atoms with van der Waals surface area (Å²) in [6.07, 6.45) is -2.84. The van der Waals surface area contributed by atoms with Crippen LogP contribution in [-0.4, -0.2) is 61.3 Å². The number of nitrogens with zero attached hydrogens (tertiary/aromatic N) is 1. The summed E-state index contributed by atoms with van der Waals surface area (Å²) in [6.45, 7) is -0.364. The van der Waals surface area contributed by atoms with Gasteiger partial charge in [0.05, 0.1) is 13.2 Å². The van der Waals surface area contributed by atoms with Crippen molar-refractivity contribution >= 4 is 12.0 Å². The zero-order chi connectivity index (χ0) is 14.7. The third-order valence-electron chi connectivity index (χ3n) is 2.87. The first kappa shape index (κ1) is 14.3. The van der Waals surface area contributed by atoms with Gasteiger partial charge in [-0.3, -0.25) is 4.79 Å². The molecule has 4 atom stereocenters. The zero-order valence-corrected chi connectivity index (χ0v) is 10.2. The maximum Gasteiger partial charge on any atom is 0.325 e. The first-order valence-corrected chi connectivity index (χ1v) is 5.74. The Morgan fingerprint density at radius 3 is 2.50 bits per heavy atom. The number of hydrogen-bond donors (Lipinski definition) is 2. The molecule has 2 saturated heterocycles. The minimum atomic E-state index is -0.921. The molecule has 2 amide bonds. The standard InChI is InChI=1S/C9H13N3O8/c10-9(14)11-1-6(13)19-4-2-17-8-5(20-12(15)16)3-18-7(4)8/h4-5,7-8H,1-3H2,(H3,10,11,14)/t4-,5+,7+,8+/m0/s1. The summed E-state index contributed by atoms with van der Waals surface area (Å²) in [4.78, 5) is 36.6. The Morgan fingerprint density at radius 1 is 1.30 bits per heavy atom. The third kappa shape index (κ3) is 3.24. The highest BCUT2D eigenvalue weighted by Gasteiger charge is 2.51. The van der Waals surface area contributed by atoms with Gasteiger partial charge in [0.1, 0.15) is 18.8 Å². The van der Waals surface area contributed by atoms with E-state index in [4.69, 9.17) is 19.9 Å². The number of ether oxygens (including phenoxy) is 3. The van der Waals surface area contributed by atoms with E-state index in [1.807, 2.05) is 0 Å². The van der Waals surface area contributed by atoms with Gasteiger partial charge >= 0.3 is 12.0 Å². The molecule has 0 bridgehead atoms. The van der Waals surface area contributed by atoms with Crippen molar-refractivity contribution < 1.29 is 33.7 Å². The molecule has 0 aromatic heterocycles. The molecule has 0 aromatic rings. The third-order valence-corrected chi connectivity index (χ3v) is 2.87. The maximum atomic E-state index is 11.4. The number of carbonyl (C=O) groups is 2. The van der Waals surface area contributed by atoms with Crippen LogP contribution in [0.4, 0.5) is 4.79 Å². The average molecular weight is 291 g/mol. The Balaban J connectivity index is 1.83. The second kappa shape index (κ2) is 5.88. The molecule has 2 aliphatic heterocycles. The van der Waals surface area contributed by atoms with Crippen LogP contribution < -0.4 is 11.1 Å². The van der Waals surface area contributed by atoms with Crippen molar-refractivity contribution in [3.8, 4) is 0 Å². The second-order valence-electron chi connectivity index (χ2n) is 4.21. The topological polar surface area (TPSA) is 152 Å². The van der Waals surface area contributed by atoms with Crippen LogP contribution in [0.3, 0.4) is 0 Å². The minimum Gasteiger partial charge on any atom is -0.456 e. The maximum absolute atomic E-state index is 11.4. The van der Waals surface area contributed by atoms with Gasteiger partial charge in [-0.05, 0) is 0 Å². The largest absolute Gasteiger partial charge is 0.456 e. The Bertz CT molecular complexity index is 416. The molecular weight excluding hydrogens is 278 g/mol. The number of amides is 2. The summed E-state index contributed by atoms with van der Waals surface area (Å²) < 4.78 is 15.6. The number of nitrogens with two attached hydrogens (primary N) is 1. The fourth-order valence-electron chi connectivity index (χ4n) is 2.10. The average Bonchev–Trinajstić information content (AvgIpc) is 2.91. The lowest BCUT2D eigenvalue weighted by Gasteiger charge is -2.16. The molecular formula is C9H13N3O8. The van der Waals surface area contributed by atoms with Gasteiger partial charge in [-0.25, -0.2) is 4.79 Å². The van der Waals surface area contributed by atoms with Crippen molar-refractivity contribution in [2.75, 3.05) is 19.8 Å². The van der Waals surface area contributed by atoms with Crippen LogP contribution in [-0.2, 0) is 23.8 Å². The fraction of sp³-hybridized carbons (Fsp3) is 0.778. The van der Waals surface area contributed by atoms with Crippen LogP contribution in [0.15, 0.2) is 0 Å². The first-order valence-electron chi connectivity index (χ1n) is 5.74. The molecule has 20 heavy (non-hydrogen) atoms. The molecule has 11 nitrogen and oxygen atoms in total. The smallest absolute Gasteiger partial charge is 0.325 e. The molecule has 0 aliphatic carbocycles. The number of carbonyl (C=O) groups excluding carboxylic acids is 2. The quantitative estimate of drug-likeness (QED) is 0.333. The van der Waals surface area contributed by atoms with E-state index in [9.17, 15) is 19.7 Å². The van der Waals surface area contributed by atoms with Crippen molar-refractivity contribution in [2.24, 2.45) is 5.73 Å². The number of rotatable bonds is 5. The van der Waals surface area contributed by atoms with Crippen molar-refractivity contribution in [3.63, 3.8) is 0 Å². The van der Waals surface area contributed by atoms with Crippen LogP contribution in [0.2, 0.25) is 0 Å². The van der Waals surface area contributed by atoms with E-state index in [1.54, 1.807) is 0 Å². The van der Waals surface area contributed by atoms with Gasteiger partial charge in [0, 0.05) is 0 Å². The molecule has 0 aromatic carbocycles. The van der Waals surface area contributed by atoms with Crippen LogP contribution in [0, 0.1) is 10.1 Å². The summed E-state index contributed by atoms with van der Waals surface area (Å²) in [6, 6.07) is -0.848. The van der Waals surface area contributed by atoms with Crippen LogP contribution in [0.1, 0.15) is 0 Å². The molecule has 0 spiro atoms. The van der Waals surface area contributed by atoms with Crippen molar-refractivity contribution in [1.29, 1.82) is 0 Å². The lowest BCUT2D eigenvalue weighted by Crippen LogP contribution is -2.39. The summed E-state index contributed by atoms with van der Waals surface area (Å²) >= 11 is 0.